The van der Waals surface area contributed by atoms with E-state index >= 15 is 0 Å². The van der Waals surface area contributed by atoms with Crippen LogP contribution in [-0.2, 0) is 0 Å². The minimum Gasteiger partial charge on any atom is -0.456 e. The van der Waals surface area contributed by atoms with Crippen molar-refractivity contribution in [2.24, 2.45) is 15.0 Å². The molecule has 0 amide bonds. The van der Waals surface area contributed by atoms with Crippen molar-refractivity contribution >= 4 is 83.3 Å². The Morgan fingerprint density at radius 3 is 1.94 bits per heavy atom. The molecule has 3 heterocycles. The molecule has 0 bridgehead atoms. The fourth-order valence-corrected chi connectivity index (χ4v) is 7.88. The number of fused-ring (bicyclic) bond motifs is 8. The predicted molar refractivity (Wildman–Crippen MR) is 219 cm³/mol. The molecule has 5 nitrogen and oxygen atoms in total. The van der Waals surface area contributed by atoms with Crippen LogP contribution in [0.2, 0.25) is 0 Å². The first-order chi connectivity index (χ1) is 26.2. The lowest BCUT2D eigenvalue weighted by atomic mass is 9.92. The SMILES string of the molecule is C1=NC(c2ccc(-c3cccc4oc5ccccc5c34)c3ccccc23)=NC(c2ccc3oc4ccccc4c3c2)=NC1c1ccc2ccccc2c1. The predicted octanol–water partition coefficient (Wildman–Crippen LogP) is 12.5. The van der Waals surface area contributed by atoms with Crippen LogP contribution in [0.15, 0.2) is 188 Å². The highest BCUT2D eigenvalue weighted by molar-refractivity contribution is 6.22. The number of furan rings is 2. The third-order valence-corrected chi connectivity index (χ3v) is 10.4. The van der Waals surface area contributed by atoms with Crippen molar-refractivity contribution < 1.29 is 8.83 Å². The molecule has 0 radical (unpaired) electrons. The molecular formula is C48H29N3O2. The Labute approximate surface area is 303 Å². The number of benzene rings is 8. The molecule has 1 aliphatic heterocycles. The summed E-state index contributed by atoms with van der Waals surface area (Å²) in [6.07, 6.45) is 1.93. The maximum atomic E-state index is 6.27. The standard InChI is InChI=1S/C48H29N3O2/c1-2-11-30-26-31(21-20-29(30)10-1)41-28-49-48(51-47(50-41)32-22-25-44-40(27-32)36-14-5-7-17-42(36)52-44)38-24-23-35(33-12-3-4-13-34(33)38)37-16-9-19-45-46(37)39-15-6-8-18-43(39)53-45/h1-28,41H. The third kappa shape index (κ3) is 4.82. The summed E-state index contributed by atoms with van der Waals surface area (Å²) < 4.78 is 12.4. The summed E-state index contributed by atoms with van der Waals surface area (Å²) in [4.78, 5) is 15.7. The second-order valence-corrected chi connectivity index (χ2v) is 13.5. The normalized spacial score (nSPS) is 14.8. The Kier molecular flexibility index (Phi) is 6.55. The Morgan fingerprint density at radius 2 is 1.08 bits per heavy atom. The van der Waals surface area contributed by atoms with Crippen molar-refractivity contribution in [3.63, 3.8) is 0 Å². The van der Waals surface area contributed by atoms with Gasteiger partial charge in [0.1, 0.15) is 28.4 Å². The van der Waals surface area contributed by atoms with Gasteiger partial charge in [-0.05, 0) is 86.8 Å². The first-order valence-electron chi connectivity index (χ1n) is 17.8. The van der Waals surface area contributed by atoms with E-state index in [-0.39, 0.29) is 6.04 Å². The van der Waals surface area contributed by atoms with Crippen molar-refractivity contribution in [2.75, 3.05) is 0 Å². The molecule has 0 aliphatic carbocycles. The van der Waals surface area contributed by atoms with Crippen LogP contribution in [0.5, 0.6) is 0 Å². The van der Waals surface area contributed by atoms with Gasteiger partial charge in [0.05, 0.1) is 0 Å². The highest BCUT2D eigenvalue weighted by Gasteiger charge is 2.21. The number of rotatable bonds is 4. The molecule has 8 aromatic carbocycles. The van der Waals surface area contributed by atoms with Gasteiger partial charge in [0.2, 0.25) is 0 Å². The van der Waals surface area contributed by atoms with Gasteiger partial charge in [-0.3, -0.25) is 4.99 Å². The summed E-state index contributed by atoms with van der Waals surface area (Å²) in [5, 5.41) is 8.83. The van der Waals surface area contributed by atoms with Crippen LogP contribution >= 0.6 is 0 Å². The van der Waals surface area contributed by atoms with E-state index in [1.54, 1.807) is 0 Å². The first-order valence-corrected chi connectivity index (χ1v) is 17.8. The highest BCUT2D eigenvalue weighted by atomic mass is 16.3. The Hall–Kier alpha value is -7.11. The van der Waals surface area contributed by atoms with Crippen LogP contribution in [0.1, 0.15) is 22.7 Å². The molecular weight excluding hydrogens is 651 g/mol. The molecule has 0 fully saturated rings. The molecule has 1 aliphatic rings. The maximum Gasteiger partial charge on any atom is 0.161 e. The summed E-state index contributed by atoms with van der Waals surface area (Å²) in [6, 6.07) is 56.3. The number of aliphatic imine (C=N–C) groups is 3. The van der Waals surface area contributed by atoms with Crippen LogP contribution in [0.4, 0.5) is 0 Å². The van der Waals surface area contributed by atoms with Crippen molar-refractivity contribution in [1.29, 1.82) is 0 Å². The summed E-state index contributed by atoms with van der Waals surface area (Å²) in [5.41, 5.74) is 8.58. The van der Waals surface area contributed by atoms with Crippen molar-refractivity contribution in [2.45, 2.75) is 6.04 Å². The molecule has 248 valence electrons. The molecule has 0 spiro atoms. The lowest BCUT2D eigenvalue weighted by Gasteiger charge is -2.12. The van der Waals surface area contributed by atoms with E-state index in [1.165, 1.54) is 5.39 Å². The van der Waals surface area contributed by atoms with E-state index in [0.29, 0.717) is 11.7 Å². The Bertz CT molecular complexity index is 3200. The van der Waals surface area contributed by atoms with Gasteiger partial charge in [-0.2, -0.15) is 0 Å². The summed E-state index contributed by atoms with van der Waals surface area (Å²) in [5.74, 6) is 1.23. The molecule has 1 unspecified atom stereocenters. The van der Waals surface area contributed by atoms with E-state index in [4.69, 9.17) is 23.8 Å². The molecule has 0 N–H and O–H groups in total. The van der Waals surface area contributed by atoms with Crippen molar-refractivity contribution in [3.8, 4) is 11.1 Å². The molecule has 5 heteroatoms. The van der Waals surface area contributed by atoms with Gasteiger partial charge >= 0.3 is 0 Å². The van der Waals surface area contributed by atoms with Gasteiger partial charge in [-0.1, -0.05) is 115 Å². The average Bonchev–Trinajstić information content (AvgIpc) is 3.70. The summed E-state index contributed by atoms with van der Waals surface area (Å²) in [6.45, 7) is 0. The van der Waals surface area contributed by atoms with Crippen LogP contribution < -0.4 is 0 Å². The van der Waals surface area contributed by atoms with Gasteiger partial charge in [-0.15, -0.1) is 0 Å². The monoisotopic (exact) mass is 679 g/mol. The topological polar surface area (TPSA) is 63.4 Å². The largest absolute Gasteiger partial charge is 0.456 e. The lowest BCUT2D eigenvalue weighted by molar-refractivity contribution is 0.668. The quantitative estimate of drug-likeness (QED) is 0.186. The molecule has 0 saturated heterocycles. The number of nitrogens with zero attached hydrogens (tertiary/aromatic N) is 3. The van der Waals surface area contributed by atoms with E-state index in [2.05, 4.69) is 115 Å². The van der Waals surface area contributed by atoms with E-state index in [0.717, 1.165) is 87.9 Å². The minimum atomic E-state index is -0.342. The van der Waals surface area contributed by atoms with E-state index in [1.807, 2.05) is 54.7 Å². The molecule has 2 aromatic heterocycles. The second kappa shape index (κ2) is 11.7. The Balaban J connectivity index is 1.10. The average molecular weight is 680 g/mol. The molecule has 1 atom stereocenters. The van der Waals surface area contributed by atoms with Crippen molar-refractivity contribution in [1.82, 2.24) is 0 Å². The van der Waals surface area contributed by atoms with Crippen LogP contribution in [0.3, 0.4) is 0 Å². The molecule has 11 rings (SSSR count). The number of para-hydroxylation sites is 2. The maximum absolute atomic E-state index is 6.27. The molecule has 53 heavy (non-hydrogen) atoms. The van der Waals surface area contributed by atoms with Gasteiger partial charge in [0, 0.05) is 38.9 Å². The second-order valence-electron chi connectivity index (χ2n) is 13.5. The van der Waals surface area contributed by atoms with Gasteiger partial charge in [0.25, 0.3) is 0 Å². The van der Waals surface area contributed by atoms with Crippen LogP contribution in [0.25, 0.3) is 76.5 Å². The van der Waals surface area contributed by atoms with Gasteiger partial charge in [-0.25, -0.2) is 9.98 Å². The molecule has 10 aromatic rings. The number of hydrogen-bond donors (Lipinski definition) is 0. The Morgan fingerprint density at radius 1 is 0.415 bits per heavy atom. The summed E-state index contributed by atoms with van der Waals surface area (Å²) >= 11 is 0. The van der Waals surface area contributed by atoms with E-state index < -0.39 is 0 Å². The zero-order chi connectivity index (χ0) is 34.9. The lowest BCUT2D eigenvalue weighted by Crippen LogP contribution is -2.05. The zero-order valence-corrected chi connectivity index (χ0v) is 28.4. The van der Waals surface area contributed by atoms with E-state index in [9.17, 15) is 0 Å². The van der Waals surface area contributed by atoms with Crippen molar-refractivity contribution in [3.05, 3.63) is 180 Å². The van der Waals surface area contributed by atoms with Crippen LogP contribution in [-0.4, -0.2) is 17.9 Å². The first kappa shape index (κ1) is 29.6. The van der Waals surface area contributed by atoms with Gasteiger partial charge < -0.3 is 8.83 Å². The smallest absolute Gasteiger partial charge is 0.161 e. The van der Waals surface area contributed by atoms with Crippen LogP contribution in [0, 0.1) is 0 Å². The minimum absolute atomic E-state index is 0.342. The molecule has 0 saturated carbocycles. The third-order valence-electron chi connectivity index (χ3n) is 10.4. The number of amidine groups is 2. The summed E-state index contributed by atoms with van der Waals surface area (Å²) in [7, 11) is 0. The fraction of sp³-hybridized carbons (Fsp3) is 0.0208. The fourth-order valence-electron chi connectivity index (χ4n) is 7.88. The van der Waals surface area contributed by atoms with Gasteiger partial charge in [0.15, 0.2) is 11.7 Å². The highest BCUT2D eigenvalue weighted by Crippen LogP contribution is 2.40. The number of hydrogen-bond acceptors (Lipinski definition) is 5. The zero-order valence-electron chi connectivity index (χ0n) is 28.4.